The highest BCUT2D eigenvalue weighted by Gasteiger charge is 2.37. The van der Waals surface area contributed by atoms with Gasteiger partial charge in [-0.05, 0) is 36.1 Å². The van der Waals surface area contributed by atoms with Gasteiger partial charge in [0, 0.05) is 55.6 Å². The van der Waals surface area contributed by atoms with Gasteiger partial charge in [-0.3, -0.25) is 4.79 Å². The quantitative estimate of drug-likeness (QED) is 0.480. The summed E-state index contributed by atoms with van der Waals surface area (Å²) in [6.45, 7) is 5.26. The first kappa shape index (κ1) is 25.6. The maximum Gasteiger partial charge on any atom is 0.416 e. The summed E-state index contributed by atoms with van der Waals surface area (Å²) in [5.41, 5.74) is 1.93. The molecule has 2 amide bonds. The molecule has 1 N–H and O–H groups in total. The van der Waals surface area contributed by atoms with Crippen molar-refractivity contribution in [3.8, 4) is 0 Å². The molecule has 36 heavy (non-hydrogen) atoms. The van der Waals surface area contributed by atoms with Gasteiger partial charge in [0.05, 0.1) is 12.2 Å². The molecule has 0 spiro atoms. The molecule has 1 aromatic heterocycles. The lowest BCUT2D eigenvalue weighted by atomic mass is 9.84. The van der Waals surface area contributed by atoms with Crippen molar-refractivity contribution >= 4 is 22.9 Å². The fraction of sp³-hybridized carbons (Fsp3) is 0.407. The molecule has 1 atom stereocenters. The highest BCUT2D eigenvalue weighted by atomic mass is 19.4. The molecule has 192 valence electrons. The minimum atomic E-state index is -4.55. The van der Waals surface area contributed by atoms with Crippen molar-refractivity contribution in [3.63, 3.8) is 0 Å². The molecule has 0 saturated carbocycles. The smallest absolute Gasteiger partial charge is 0.416 e. The zero-order chi connectivity index (χ0) is 25.9. The van der Waals surface area contributed by atoms with E-state index < -0.39 is 23.8 Å². The molecule has 9 heteroatoms. The Morgan fingerprint density at radius 3 is 2.33 bits per heavy atom. The number of hydrogen-bond acceptors (Lipinski definition) is 3. The second-order valence-corrected chi connectivity index (χ2v) is 8.85. The first-order valence-electron chi connectivity index (χ1n) is 12.2. The summed E-state index contributed by atoms with van der Waals surface area (Å²) < 4.78 is 47.0. The van der Waals surface area contributed by atoms with Crippen molar-refractivity contribution < 1.29 is 27.5 Å². The minimum Gasteiger partial charge on any atom is -0.450 e. The van der Waals surface area contributed by atoms with E-state index in [1.165, 1.54) is 17.0 Å². The van der Waals surface area contributed by atoms with Gasteiger partial charge in [0.1, 0.15) is 0 Å². The number of hydrogen-bond donors (Lipinski definition) is 1. The van der Waals surface area contributed by atoms with E-state index in [1.54, 1.807) is 24.1 Å². The van der Waals surface area contributed by atoms with Gasteiger partial charge >= 0.3 is 12.3 Å². The summed E-state index contributed by atoms with van der Waals surface area (Å²) in [5.74, 6) is -1.04. The van der Waals surface area contributed by atoms with Crippen molar-refractivity contribution in [1.29, 1.82) is 0 Å². The maximum absolute atomic E-state index is 14.0. The fourth-order valence-electron chi connectivity index (χ4n) is 4.93. The van der Waals surface area contributed by atoms with Crippen LogP contribution in [0.15, 0.2) is 48.7 Å². The van der Waals surface area contributed by atoms with Crippen molar-refractivity contribution in [1.82, 2.24) is 14.8 Å². The number of fused-ring (bicyclic) bond motifs is 1. The fourth-order valence-corrected chi connectivity index (χ4v) is 4.93. The Morgan fingerprint density at radius 1 is 0.972 bits per heavy atom. The Balaban J connectivity index is 1.67. The van der Waals surface area contributed by atoms with E-state index in [0.717, 1.165) is 29.0 Å². The molecular formula is C27H30F3N3O3. The standard InChI is InChI=1S/C27H30F3N3O3/c1-3-18-8-7-10-20-22(17-31-25(18)20)21(19-9-5-6-11-23(19)27(28,29)30)16-24(34)32-12-14-33(15-13-32)26(35)36-4-2/h5-11,17,21,31H,3-4,12-16H2,1-2H3/t21-/m1/s1. The van der Waals surface area contributed by atoms with Crippen LogP contribution in [0.25, 0.3) is 10.9 Å². The number of nitrogens with zero attached hydrogens (tertiary/aromatic N) is 2. The number of H-pyrrole nitrogens is 1. The summed E-state index contributed by atoms with van der Waals surface area (Å²) in [4.78, 5) is 31.8. The van der Waals surface area contributed by atoms with E-state index in [9.17, 15) is 22.8 Å². The molecule has 1 aliphatic heterocycles. The van der Waals surface area contributed by atoms with Crippen LogP contribution in [0.4, 0.5) is 18.0 Å². The lowest BCUT2D eigenvalue weighted by molar-refractivity contribution is -0.139. The normalized spacial score (nSPS) is 15.2. The van der Waals surface area contributed by atoms with Gasteiger partial charge in [-0.15, -0.1) is 0 Å². The maximum atomic E-state index is 14.0. The molecule has 2 aromatic carbocycles. The van der Waals surface area contributed by atoms with Crippen molar-refractivity contribution in [2.24, 2.45) is 0 Å². The highest BCUT2D eigenvalue weighted by molar-refractivity contribution is 5.88. The molecule has 0 aliphatic carbocycles. The second kappa shape index (κ2) is 10.6. The molecule has 1 fully saturated rings. The van der Waals surface area contributed by atoms with Crippen LogP contribution in [0.2, 0.25) is 0 Å². The van der Waals surface area contributed by atoms with E-state index in [1.807, 2.05) is 25.1 Å². The van der Waals surface area contributed by atoms with Gasteiger partial charge in [0.15, 0.2) is 0 Å². The molecule has 6 nitrogen and oxygen atoms in total. The molecule has 0 bridgehead atoms. The number of nitrogens with one attached hydrogen (secondary N) is 1. The lowest BCUT2D eigenvalue weighted by Gasteiger charge is -2.35. The van der Waals surface area contributed by atoms with Gasteiger partial charge in [-0.1, -0.05) is 43.3 Å². The molecule has 1 saturated heterocycles. The number of rotatable bonds is 6. The Morgan fingerprint density at radius 2 is 1.67 bits per heavy atom. The number of halogens is 3. The van der Waals surface area contributed by atoms with E-state index in [4.69, 9.17) is 4.74 Å². The molecule has 0 radical (unpaired) electrons. The Bertz CT molecular complexity index is 1230. The first-order chi connectivity index (χ1) is 17.2. The number of ether oxygens (including phenoxy) is 1. The number of aromatic amines is 1. The number of alkyl halides is 3. The summed E-state index contributed by atoms with van der Waals surface area (Å²) in [7, 11) is 0. The molecule has 2 heterocycles. The van der Waals surface area contributed by atoms with Gasteiger partial charge in [-0.2, -0.15) is 13.2 Å². The molecule has 3 aromatic rings. The zero-order valence-electron chi connectivity index (χ0n) is 20.4. The first-order valence-corrected chi connectivity index (χ1v) is 12.2. The van der Waals surface area contributed by atoms with Crippen LogP contribution in [0.5, 0.6) is 0 Å². The van der Waals surface area contributed by atoms with E-state index in [0.29, 0.717) is 31.7 Å². The predicted molar refractivity (Wildman–Crippen MR) is 131 cm³/mol. The summed E-state index contributed by atoms with van der Waals surface area (Å²) >= 11 is 0. The zero-order valence-corrected chi connectivity index (χ0v) is 20.4. The summed E-state index contributed by atoms with van der Waals surface area (Å²) in [6.07, 6.45) is -2.59. The number of piperazine rings is 1. The number of amides is 2. The summed E-state index contributed by atoms with van der Waals surface area (Å²) in [6, 6.07) is 11.2. The van der Waals surface area contributed by atoms with E-state index in [-0.39, 0.29) is 24.5 Å². The summed E-state index contributed by atoms with van der Waals surface area (Å²) in [5, 5.41) is 0.816. The molecule has 4 rings (SSSR count). The van der Waals surface area contributed by atoms with Crippen molar-refractivity contribution in [2.75, 3.05) is 32.8 Å². The number of aryl methyl sites for hydroxylation is 1. The van der Waals surface area contributed by atoms with Crippen LogP contribution in [-0.4, -0.2) is 59.6 Å². The van der Waals surface area contributed by atoms with Crippen molar-refractivity contribution in [3.05, 3.63) is 70.9 Å². The second-order valence-electron chi connectivity index (χ2n) is 8.85. The third-order valence-electron chi connectivity index (χ3n) is 6.77. The lowest BCUT2D eigenvalue weighted by Crippen LogP contribution is -2.51. The van der Waals surface area contributed by atoms with Crippen LogP contribution >= 0.6 is 0 Å². The van der Waals surface area contributed by atoms with Crippen LogP contribution in [0.3, 0.4) is 0 Å². The van der Waals surface area contributed by atoms with E-state index in [2.05, 4.69) is 4.98 Å². The molecule has 1 aliphatic rings. The number of aromatic nitrogens is 1. The Hall–Kier alpha value is -3.49. The average molecular weight is 502 g/mol. The third-order valence-corrected chi connectivity index (χ3v) is 6.77. The van der Waals surface area contributed by atoms with Gasteiger partial charge in [-0.25, -0.2) is 4.79 Å². The molecule has 0 unspecified atom stereocenters. The van der Waals surface area contributed by atoms with Gasteiger partial charge in [0.2, 0.25) is 5.91 Å². The number of para-hydroxylation sites is 1. The predicted octanol–water partition coefficient (Wildman–Crippen LogP) is 5.57. The van der Waals surface area contributed by atoms with Gasteiger partial charge < -0.3 is 19.5 Å². The Kier molecular flexibility index (Phi) is 7.56. The Labute approximate surface area is 208 Å². The SMILES string of the molecule is CCOC(=O)N1CCN(C(=O)C[C@H](c2ccccc2C(F)(F)F)c2c[nH]c3c(CC)cccc23)CC1. The van der Waals surface area contributed by atoms with Crippen LogP contribution in [0.1, 0.15) is 48.4 Å². The number of carbonyl (C=O) groups excluding carboxylic acids is 2. The molecular weight excluding hydrogens is 471 g/mol. The largest absolute Gasteiger partial charge is 0.450 e. The van der Waals surface area contributed by atoms with Crippen LogP contribution in [0, 0.1) is 0 Å². The third kappa shape index (κ3) is 5.20. The topological polar surface area (TPSA) is 65.6 Å². The monoisotopic (exact) mass is 501 g/mol. The van der Waals surface area contributed by atoms with Crippen LogP contribution < -0.4 is 0 Å². The number of benzene rings is 2. The van der Waals surface area contributed by atoms with Crippen molar-refractivity contribution in [2.45, 2.75) is 38.8 Å². The highest BCUT2D eigenvalue weighted by Crippen LogP contribution is 2.41. The van der Waals surface area contributed by atoms with Crippen LogP contribution in [-0.2, 0) is 22.1 Å². The van der Waals surface area contributed by atoms with E-state index >= 15 is 0 Å². The van der Waals surface area contributed by atoms with Gasteiger partial charge in [0.25, 0.3) is 0 Å². The average Bonchev–Trinajstić information content (AvgIpc) is 3.31. The minimum absolute atomic E-state index is 0.0753. The number of carbonyl (C=O) groups is 2.